The van der Waals surface area contributed by atoms with Gasteiger partial charge < -0.3 is 9.84 Å². The number of hydrogen-bond donors (Lipinski definition) is 1. The van der Waals surface area contributed by atoms with Crippen LogP contribution in [-0.4, -0.2) is 39.1 Å². The molecule has 1 aliphatic rings. The van der Waals surface area contributed by atoms with Crippen molar-refractivity contribution < 1.29 is 14.6 Å². The summed E-state index contributed by atoms with van der Waals surface area (Å²) in [6, 6.07) is 7.88. The summed E-state index contributed by atoms with van der Waals surface area (Å²) in [6.45, 7) is 1.55. The van der Waals surface area contributed by atoms with Gasteiger partial charge in [-0.2, -0.15) is 0 Å². The minimum absolute atomic E-state index is 0.312. The number of carboxylic acids is 1. The largest absolute Gasteiger partial charge is 0.482 e. The van der Waals surface area contributed by atoms with Crippen LogP contribution in [0.3, 0.4) is 0 Å². The number of likely N-dealkylation sites (tertiary alicyclic amines) is 1. The van der Waals surface area contributed by atoms with Crippen molar-refractivity contribution in [3.05, 3.63) is 54.1 Å². The van der Waals surface area contributed by atoms with E-state index in [-0.39, 0.29) is 6.61 Å². The fraction of sp³-hybridized carbons (Fsp3) is 0.353. The van der Waals surface area contributed by atoms with Gasteiger partial charge in [0.25, 0.3) is 0 Å². The van der Waals surface area contributed by atoms with E-state index in [0.717, 1.165) is 31.6 Å². The summed E-state index contributed by atoms with van der Waals surface area (Å²) in [5.74, 6) is -0.402. The van der Waals surface area contributed by atoms with Crippen molar-refractivity contribution in [1.82, 2.24) is 14.9 Å². The third-order valence-corrected chi connectivity index (χ3v) is 3.96. The Morgan fingerprint density at radius 3 is 2.83 bits per heavy atom. The number of aromatic nitrogens is 2. The molecule has 0 spiro atoms. The van der Waals surface area contributed by atoms with Crippen LogP contribution < -0.4 is 4.74 Å². The van der Waals surface area contributed by atoms with Gasteiger partial charge >= 0.3 is 5.97 Å². The van der Waals surface area contributed by atoms with Gasteiger partial charge in [-0.1, -0.05) is 12.1 Å². The van der Waals surface area contributed by atoms with Gasteiger partial charge in [0.05, 0.1) is 11.7 Å². The van der Waals surface area contributed by atoms with Gasteiger partial charge in [0.1, 0.15) is 5.75 Å². The van der Waals surface area contributed by atoms with Crippen LogP contribution in [0.5, 0.6) is 5.75 Å². The standard InChI is InChI=1S/C17H19N3O3/c21-17(22)12-23-14-5-3-13(4-6-14)11-20-9-1-2-16(20)15-10-18-7-8-19-15/h3-8,10,16H,1-2,9,11-12H2,(H,21,22). The maximum Gasteiger partial charge on any atom is 0.341 e. The molecule has 0 amide bonds. The predicted octanol–water partition coefficient (Wildman–Crippen LogP) is 2.28. The minimum Gasteiger partial charge on any atom is -0.482 e. The summed E-state index contributed by atoms with van der Waals surface area (Å²) in [5.41, 5.74) is 2.19. The van der Waals surface area contributed by atoms with Crippen LogP contribution in [0.4, 0.5) is 0 Å². The molecule has 0 aliphatic carbocycles. The van der Waals surface area contributed by atoms with Crippen molar-refractivity contribution >= 4 is 5.97 Å². The molecule has 1 aromatic heterocycles. The lowest BCUT2D eigenvalue weighted by atomic mass is 10.1. The van der Waals surface area contributed by atoms with Gasteiger partial charge in [-0.15, -0.1) is 0 Å². The molecule has 1 saturated heterocycles. The van der Waals surface area contributed by atoms with Gasteiger partial charge in [-0.3, -0.25) is 14.9 Å². The molecule has 3 rings (SSSR count). The van der Waals surface area contributed by atoms with E-state index >= 15 is 0 Å². The normalized spacial score (nSPS) is 18.0. The molecule has 1 unspecified atom stereocenters. The van der Waals surface area contributed by atoms with Crippen LogP contribution in [0.1, 0.15) is 30.1 Å². The quantitative estimate of drug-likeness (QED) is 0.882. The van der Waals surface area contributed by atoms with Gasteiger partial charge in [0.15, 0.2) is 6.61 Å². The monoisotopic (exact) mass is 313 g/mol. The highest BCUT2D eigenvalue weighted by atomic mass is 16.5. The van der Waals surface area contributed by atoms with E-state index in [0.29, 0.717) is 11.8 Å². The van der Waals surface area contributed by atoms with E-state index in [1.54, 1.807) is 12.4 Å². The molecule has 6 heteroatoms. The molecule has 23 heavy (non-hydrogen) atoms. The zero-order chi connectivity index (χ0) is 16.1. The fourth-order valence-corrected chi connectivity index (χ4v) is 2.90. The van der Waals surface area contributed by atoms with E-state index in [9.17, 15) is 4.79 Å². The van der Waals surface area contributed by atoms with Crippen molar-refractivity contribution in [1.29, 1.82) is 0 Å². The smallest absolute Gasteiger partial charge is 0.341 e. The molecule has 120 valence electrons. The lowest BCUT2D eigenvalue weighted by Gasteiger charge is -2.23. The van der Waals surface area contributed by atoms with E-state index in [1.165, 1.54) is 5.56 Å². The van der Waals surface area contributed by atoms with Gasteiger partial charge in [0.2, 0.25) is 0 Å². The Morgan fingerprint density at radius 2 is 2.13 bits per heavy atom. The van der Waals surface area contributed by atoms with Crippen LogP contribution in [-0.2, 0) is 11.3 Å². The fourth-order valence-electron chi connectivity index (χ4n) is 2.90. The second-order valence-electron chi connectivity index (χ2n) is 5.59. The average molecular weight is 313 g/mol. The minimum atomic E-state index is -0.974. The molecule has 0 saturated carbocycles. The first-order valence-corrected chi connectivity index (χ1v) is 7.66. The zero-order valence-electron chi connectivity index (χ0n) is 12.8. The molecular weight excluding hydrogens is 294 g/mol. The van der Waals surface area contributed by atoms with Crippen LogP contribution in [0.2, 0.25) is 0 Å². The Hall–Kier alpha value is -2.47. The summed E-state index contributed by atoms with van der Waals surface area (Å²) in [4.78, 5) is 21.5. The first-order chi connectivity index (χ1) is 11.2. The van der Waals surface area contributed by atoms with E-state index < -0.39 is 5.97 Å². The SMILES string of the molecule is O=C(O)COc1ccc(CN2CCCC2c2cnccn2)cc1. The van der Waals surface area contributed by atoms with Crippen molar-refractivity contribution in [2.45, 2.75) is 25.4 Å². The predicted molar refractivity (Wildman–Crippen MR) is 84.0 cm³/mol. The molecule has 0 bridgehead atoms. The Balaban J connectivity index is 1.63. The topological polar surface area (TPSA) is 75.6 Å². The summed E-state index contributed by atoms with van der Waals surface area (Å²) in [7, 11) is 0. The third kappa shape index (κ3) is 4.04. The number of nitrogens with zero attached hydrogens (tertiary/aromatic N) is 3. The molecule has 0 radical (unpaired) electrons. The van der Waals surface area contributed by atoms with Crippen LogP contribution in [0.15, 0.2) is 42.9 Å². The van der Waals surface area contributed by atoms with Crippen molar-refractivity contribution in [3.63, 3.8) is 0 Å². The first-order valence-electron chi connectivity index (χ1n) is 7.66. The number of carboxylic acid groups (broad SMARTS) is 1. The third-order valence-electron chi connectivity index (χ3n) is 3.96. The molecule has 1 N–H and O–H groups in total. The van der Waals surface area contributed by atoms with Gasteiger partial charge in [0, 0.05) is 25.1 Å². The second-order valence-corrected chi connectivity index (χ2v) is 5.59. The highest BCUT2D eigenvalue weighted by molar-refractivity contribution is 5.68. The highest BCUT2D eigenvalue weighted by Gasteiger charge is 2.27. The molecule has 1 aliphatic heterocycles. The number of ether oxygens (including phenoxy) is 1. The van der Waals surface area contributed by atoms with Gasteiger partial charge in [-0.25, -0.2) is 4.79 Å². The maximum absolute atomic E-state index is 10.5. The molecular formula is C17H19N3O3. The van der Waals surface area contributed by atoms with E-state index in [1.807, 2.05) is 30.5 Å². The Labute approximate surface area is 134 Å². The number of benzene rings is 1. The molecule has 2 aromatic rings. The Morgan fingerprint density at radius 1 is 1.30 bits per heavy atom. The molecule has 1 fully saturated rings. The first kappa shape index (κ1) is 15.4. The van der Waals surface area contributed by atoms with E-state index in [4.69, 9.17) is 9.84 Å². The summed E-state index contributed by atoms with van der Waals surface area (Å²) >= 11 is 0. The van der Waals surface area contributed by atoms with Crippen LogP contribution >= 0.6 is 0 Å². The Bertz CT molecular complexity index is 646. The molecule has 2 heterocycles. The molecule has 1 aromatic carbocycles. The summed E-state index contributed by atoms with van der Waals surface area (Å²) in [5, 5.41) is 8.61. The van der Waals surface area contributed by atoms with Crippen molar-refractivity contribution in [2.24, 2.45) is 0 Å². The van der Waals surface area contributed by atoms with Crippen LogP contribution in [0, 0.1) is 0 Å². The lowest BCUT2D eigenvalue weighted by Crippen LogP contribution is -2.23. The summed E-state index contributed by atoms with van der Waals surface area (Å²) in [6.07, 6.45) is 7.52. The molecule has 1 atom stereocenters. The van der Waals surface area contributed by atoms with Gasteiger partial charge in [-0.05, 0) is 37.1 Å². The van der Waals surface area contributed by atoms with Crippen molar-refractivity contribution in [3.8, 4) is 5.75 Å². The Kier molecular flexibility index (Phi) is 4.83. The van der Waals surface area contributed by atoms with E-state index in [2.05, 4.69) is 14.9 Å². The number of carbonyl (C=O) groups is 1. The van der Waals surface area contributed by atoms with Crippen molar-refractivity contribution in [2.75, 3.05) is 13.2 Å². The number of rotatable bonds is 6. The van der Waals surface area contributed by atoms with Crippen LogP contribution in [0.25, 0.3) is 0 Å². The summed E-state index contributed by atoms with van der Waals surface area (Å²) < 4.78 is 5.15. The maximum atomic E-state index is 10.5. The highest BCUT2D eigenvalue weighted by Crippen LogP contribution is 2.31. The average Bonchev–Trinajstić information content (AvgIpc) is 3.03. The zero-order valence-corrected chi connectivity index (χ0v) is 12.8. The number of aliphatic carboxylic acids is 1. The lowest BCUT2D eigenvalue weighted by molar-refractivity contribution is -0.139. The molecule has 6 nitrogen and oxygen atoms in total. The number of hydrogen-bond acceptors (Lipinski definition) is 5. The second kappa shape index (κ2) is 7.19.